The molecular formula is C20H19Cl3N2O3. The number of hydrogen-bond donors (Lipinski definition) is 0. The maximum atomic E-state index is 12.6. The van der Waals surface area contributed by atoms with Crippen LogP contribution in [-0.4, -0.2) is 54.4 Å². The Balaban J connectivity index is 1.47. The van der Waals surface area contributed by atoms with Gasteiger partial charge in [-0.2, -0.15) is 0 Å². The molecule has 148 valence electrons. The van der Waals surface area contributed by atoms with Gasteiger partial charge in [-0.25, -0.2) is 0 Å². The van der Waals surface area contributed by atoms with Crippen LogP contribution in [0.15, 0.2) is 42.5 Å². The molecule has 1 aliphatic rings. The van der Waals surface area contributed by atoms with Gasteiger partial charge in [0.05, 0.1) is 6.61 Å². The number of hydrogen-bond acceptors (Lipinski definition) is 3. The second-order valence-corrected chi connectivity index (χ2v) is 7.70. The second kappa shape index (κ2) is 9.61. The van der Waals surface area contributed by atoms with Gasteiger partial charge in [0.2, 0.25) is 5.91 Å². The number of benzene rings is 2. The lowest BCUT2D eigenvalue weighted by Gasteiger charge is -2.34. The molecule has 5 nitrogen and oxygen atoms in total. The van der Waals surface area contributed by atoms with Crippen LogP contribution in [0.25, 0.3) is 0 Å². The van der Waals surface area contributed by atoms with Gasteiger partial charge in [0.1, 0.15) is 6.61 Å². The molecule has 1 aliphatic heterocycles. The Labute approximate surface area is 178 Å². The lowest BCUT2D eigenvalue weighted by molar-refractivity contribution is -0.138. The van der Waals surface area contributed by atoms with Crippen LogP contribution in [0, 0.1) is 0 Å². The minimum Gasteiger partial charge on any atom is -0.367 e. The Morgan fingerprint density at radius 2 is 1.50 bits per heavy atom. The SMILES string of the molecule is O=C(COCc1ccccc1Cl)N1CCN(C(=O)c2cc(Cl)cc(Cl)c2)CC1. The van der Waals surface area contributed by atoms with Gasteiger partial charge in [0.25, 0.3) is 5.91 Å². The summed E-state index contributed by atoms with van der Waals surface area (Å²) in [5.74, 6) is -0.253. The molecule has 0 aliphatic carbocycles. The fourth-order valence-corrected chi connectivity index (χ4v) is 3.69. The Morgan fingerprint density at radius 3 is 2.14 bits per heavy atom. The van der Waals surface area contributed by atoms with Crippen LogP contribution in [0.1, 0.15) is 15.9 Å². The van der Waals surface area contributed by atoms with Crippen LogP contribution in [-0.2, 0) is 16.1 Å². The molecule has 1 saturated heterocycles. The van der Waals surface area contributed by atoms with Crippen molar-refractivity contribution in [3.05, 3.63) is 68.7 Å². The number of ether oxygens (including phenoxy) is 1. The van der Waals surface area contributed by atoms with Gasteiger partial charge in [0.15, 0.2) is 0 Å². The number of rotatable bonds is 5. The van der Waals surface area contributed by atoms with Gasteiger partial charge in [-0.3, -0.25) is 9.59 Å². The van der Waals surface area contributed by atoms with Gasteiger partial charge in [0, 0.05) is 46.8 Å². The Kier molecular flexibility index (Phi) is 7.18. The number of piperazine rings is 1. The van der Waals surface area contributed by atoms with Crippen molar-refractivity contribution in [3.63, 3.8) is 0 Å². The Bertz CT molecular complexity index is 847. The van der Waals surface area contributed by atoms with Crippen molar-refractivity contribution >= 4 is 46.6 Å². The molecule has 0 spiro atoms. The number of carbonyl (C=O) groups is 2. The minimum atomic E-state index is -0.147. The van der Waals surface area contributed by atoms with Crippen LogP contribution >= 0.6 is 34.8 Å². The van der Waals surface area contributed by atoms with Gasteiger partial charge >= 0.3 is 0 Å². The standard InChI is InChI=1S/C20H19Cl3N2O3/c21-16-9-15(10-17(22)11-16)20(27)25-7-5-24(6-8-25)19(26)13-28-12-14-3-1-2-4-18(14)23/h1-4,9-11H,5-8,12-13H2. The molecule has 1 heterocycles. The summed E-state index contributed by atoms with van der Waals surface area (Å²) in [5, 5.41) is 1.45. The zero-order valence-electron chi connectivity index (χ0n) is 15.0. The quantitative estimate of drug-likeness (QED) is 0.700. The number of nitrogens with zero attached hydrogens (tertiary/aromatic N) is 2. The Hall–Kier alpha value is -1.79. The van der Waals surface area contributed by atoms with E-state index in [4.69, 9.17) is 39.5 Å². The number of halogens is 3. The first-order valence-corrected chi connectivity index (χ1v) is 9.92. The molecule has 0 aromatic heterocycles. The molecule has 0 atom stereocenters. The molecule has 0 radical (unpaired) electrons. The van der Waals surface area contributed by atoms with E-state index in [-0.39, 0.29) is 25.0 Å². The third-order valence-electron chi connectivity index (χ3n) is 4.47. The Morgan fingerprint density at radius 1 is 0.893 bits per heavy atom. The van der Waals surface area contributed by atoms with E-state index in [0.29, 0.717) is 46.8 Å². The zero-order chi connectivity index (χ0) is 20.1. The van der Waals surface area contributed by atoms with Crippen molar-refractivity contribution in [1.82, 2.24) is 9.80 Å². The smallest absolute Gasteiger partial charge is 0.254 e. The second-order valence-electron chi connectivity index (χ2n) is 6.42. The van der Waals surface area contributed by atoms with Crippen molar-refractivity contribution in [2.24, 2.45) is 0 Å². The largest absolute Gasteiger partial charge is 0.367 e. The summed E-state index contributed by atoms with van der Waals surface area (Å²) in [6, 6.07) is 12.1. The summed E-state index contributed by atoms with van der Waals surface area (Å²) in [7, 11) is 0. The van der Waals surface area contributed by atoms with E-state index in [1.807, 2.05) is 18.2 Å². The molecule has 0 saturated carbocycles. The highest BCUT2D eigenvalue weighted by Gasteiger charge is 2.25. The maximum absolute atomic E-state index is 12.6. The summed E-state index contributed by atoms with van der Waals surface area (Å²) < 4.78 is 5.50. The lowest BCUT2D eigenvalue weighted by atomic mass is 10.2. The van der Waals surface area contributed by atoms with Crippen molar-refractivity contribution in [2.75, 3.05) is 32.8 Å². The molecule has 8 heteroatoms. The molecule has 0 bridgehead atoms. The van der Waals surface area contributed by atoms with Crippen LogP contribution in [0.2, 0.25) is 15.1 Å². The predicted octanol–water partition coefficient (Wildman–Crippen LogP) is 4.15. The van der Waals surface area contributed by atoms with E-state index in [0.717, 1.165) is 5.56 Å². The van der Waals surface area contributed by atoms with E-state index >= 15 is 0 Å². The van der Waals surface area contributed by atoms with Crippen LogP contribution in [0.3, 0.4) is 0 Å². The van der Waals surface area contributed by atoms with Gasteiger partial charge in [-0.15, -0.1) is 0 Å². The monoisotopic (exact) mass is 440 g/mol. The summed E-state index contributed by atoms with van der Waals surface area (Å²) >= 11 is 18.0. The zero-order valence-corrected chi connectivity index (χ0v) is 17.3. The third-order valence-corrected chi connectivity index (χ3v) is 5.28. The molecule has 3 rings (SSSR count). The van der Waals surface area contributed by atoms with Crippen molar-refractivity contribution in [2.45, 2.75) is 6.61 Å². The molecular weight excluding hydrogens is 423 g/mol. The highest BCUT2D eigenvalue weighted by Crippen LogP contribution is 2.21. The summed E-state index contributed by atoms with van der Waals surface area (Å²) in [6.45, 7) is 2.05. The number of amides is 2. The summed E-state index contributed by atoms with van der Waals surface area (Å²) in [6.07, 6.45) is 0. The lowest BCUT2D eigenvalue weighted by Crippen LogP contribution is -2.51. The molecule has 2 aromatic carbocycles. The fraction of sp³-hybridized carbons (Fsp3) is 0.300. The van der Waals surface area contributed by atoms with E-state index in [1.54, 1.807) is 34.1 Å². The first-order valence-electron chi connectivity index (χ1n) is 8.78. The average Bonchev–Trinajstić information content (AvgIpc) is 2.68. The summed E-state index contributed by atoms with van der Waals surface area (Å²) in [5.41, 5.74) is 1.29. The fourth-order valence-electron chi connectivity index (χ4n) is 2.97. The highest BCUT2D eigenvalue weighted by atomic mass is 35.5. The van der Waals surface area contributed by atoms with Gasteiger partial charge in [-0.05, 0) is 29.8 Å². The molecule has 2 amide bonds. The van der Waals surface area contributed by atoms with Crippen molar-refractivity contribution in [3.8, 4) is 0 Å². The first kappa shape index (κ1) is 20.9. The van der Waals surface area contributed by atoms with Gasteiger partial charge < -0.3 is 14.5 Å². The molecule has 1 fully saturated rings. The van der Waals surface area contributed by atoms with E-state index in [2.05, 4.69) is 0 Å². The van der Waals surface area contributed by atoms with Crippen LogP contribution in [0.4, 0.5) is 0 Å². The highest BCUT2D eigenvalue weighted by molar-refractivity contribution is 6.35. The minimum absolute atomic E-state index is 0.0247. The molecule has 0 N–H and O–H groups in total. The van der Waals surface area contributed by atoms with Crippen molar-refractivity contribution < 1.29 is 14.3 Å². The van der Waals surface area contributed by atoms with Gasteiger partial charge in [-0.1, -0.05) is 53.0 Å². The predicted molar refractivity (Wildman–Crippen MR) is 110 cm³/mol. The topological polar surface area (TPSA) is 49.9 Å². The van der Waals surface area contributed by atoms with Crippen molar-refractivity contribution in [1.29, 1.82) is 0 Å². The van der Waals surface area contributed by atoms with E-state index < -0.39 is 0 Å². The average molecular weight is 442 g/mol. The third kappa shape index (κ3) is 5.39. The van der Waals surface area contributed by atoms with E-state index in [1.165, 1.54) is 0 Å². The number of carbonyl (C=O) groups excluding carboxylic acids is 2. The summed E-state index contributed by atoms with van der Waals surface area (Å²) in [4.78, 5) is 28.3. The van der Waals surface area contributed by atoms with E-state index in [9.17, 15) is 9.59 Å². The molecule has 28 heavy (non-hydrogen) atoms. The van der Waals surface area contributed by atoms with Crippen LogP contribution < -0.4 is 0 Å². The van der Waals surface area contributed by atoms with Crippen LogP contribution in [0.5, 0.6) is 0 Å². The maximum Gasteiger partial charge on any atom is 0.254 e. The molecule has 2 aromatic rings. The normalized spacial score (nSPS) is 14.2. The molecule has 0 unspecified atom stereocenters. The first-order chi connectivity index (χ1) is 13.4.